The Bertz CT molecular complexity index is 966. The van der Waals surface area contributed by atoms with Gasteiger partial charge in [-0.1, -0.05) is 18.2 Å². The summed E-state index contributed by atoms with van der Waals surface area (Å²) in [6.45, 7) is 0. The lowest BCUT2D eigenvalue weighted by molar-refractivity contribution is 0.0946. The number of aromatic nitrogens is 2. The van der Waals surface area contributed by atoms with Crippen LogP contribution in [0, 0.1) is 0 Å². The second kappa shape index (κ2) is 6.32. The number of hydrogen-bond acceptors (Lipinski definition) is 4. The fourth-order valence-corrected chi connectivity index (χ4v) is 2.53. The second-order valence-electron chi connectivity index (χ2n) is 6.05. The molecule has 2 amide bonds. The molecule has 6 nitrogen and oxygen atoms in total. The molecule has 0 bridgehead atoms. The number of pyridine rings is 2. The standard InChI is InChI=1S/C19H16N4O2/c24-18(23-15-9-12-3-1-2-4-16(12)21-11-15)13-7-8-20-17(10-13)19(25)22-14-5-6-14/h1-4,7-11,14H,5-6H2,(H,22,25)(H,23,24). The number of rotatable bonds is 4. The summed E-state index contributed by atoms with van der Waals surface area (Å²) in [4.78, 5) is 32.9. The van der Waals surface area contributed by atoms with E-state index in [2.05, 4.69) is 20.6 Å². The summed E-state index contributed by atoms with van der Waals surface area (Å²) in [6.07, 6.45) is 5.08. The highest BCUT2D eigenvalue weighted by atomic mass is 16.2. The van der Waals surface area contributed by atoms with Crippen LogP contribution in [0.15, 0.2) is 54.9 Å². The molecule has 0 aliphatic heterocycles. The Morgan fingerprint density at radius 3 is 2.68 bits per heavy atom. The van der Waals surface area contributed by atoms with Crippen molar-refractivity contribution >= 4 is 28.4 Å². The van der Waals surface area contributed by atoms with Crippen molar-refractivity contribution in [2.45, 2.75) is 18.9 Å². The summed E-state index contributed by atoms with van der Waals surface area (Å²) in [6, 6.07) is 12.9. The van der Waals surface area contributed by atoms with E-state index in [0.717, 1.165) is 23.7 Å². The third kappa shape index (κ3) is 3.47. The van der Waals surface area contributed by atoms with Crippen molar-refractivity contribution in [3.63, 3.8) is 0 Å². The van der Waals surface area contributed by atoms with Crippen LogP contribution in [0.4, 0.5) is 5.69 Å². The zero-order chi connectivity index (χ0) is 17.2. The average molecular weight is 332 g/mol. The van der Waals surface area contributed by atoms with Crippen LogP contribution in [0.2, 0.25) is 0 Å². The van der Waals surface area contributed by atoms with Gasteiger partial charge in [0.15, 0.2) is 0 Å². The summed E-state index contributed by atoms with van der Waals surface area (Å²) >= 11 is 0. The molecule has 0 unspecified atom stereocenters. The highest BCUT2D eigenvalue weighted by Gasteiger charge is 2.24. The Kier molecular flexibility index (Phi) is 3.85. The maximum Gasteiger partial charge on any atom is 0.270 e. The lowest BCUT2D eigenvalue weighted by Gasteiger charge is -2.07. The molecule has 6 heteroatoms. The molecule has 1 aliphatic carbocycles. The van der Waals surface area contributed by atoms with Crippen LogP contribution in [0.3, 0.4) is 0 Å². The highest BCUT2D eigenvalue weighted by molar-refractivity contribution is 6.06. The van der Waals surface area contributed by atoms with E-state index in [-0.39, 0.29) is 23.6 Å². The van der Waals surface area contributed by atoms with Gasteiger partial charge in [0, 0.05) is 23.2 Å². The maximum atomic E-state index is 12.5. The minimum absolute atomic E-state index is 0.246. The third-order valence-corrected chi connectivity index (χ3v) is 4.02. The first kappa shape index (κ1) is 15.3. The van der Waals surface area contributed by atoms with E-state index in [0.29, 0.717) is 11.3 Å². The van der Waals surface area contributed by atoms with Crippen molar-refractivity contribution in [3.05, 3.63) is 66.1 Å². The van der Waals surface area contributed by atoms with Gasteiger partial charge in [-0.15, -0.1) is 0 Å². The van der Waals surface area contributed by atoms with Crippen LogP contribution in [0.25, 0.3) is 10.9 Å². The normalized spacial score (nSPS) is 13.4. The predicted molar refractivity (Wildman–Crippen MR) is 94.4 cm³/mol. The topological polar surface area (TPSA) is 84.0 Å². The van der Waals surface area contributed by atoms with Gasteiger partial charge < -0.3 is 10.6 Å². The number of carbonyl (C=O) groups excluding carboxylic acids is 2. The summed E-state index contributed by atoms with van der Waals surface area (Å²) in [5.41, 5.74) is 2.09. The smallest absolute Gasteiger partial charge is 0.270 e. The van der Waals surface area contributed by atoms with Crippen LogP contribution in [-0.4, -0.2) is 27.8 Å². The van der Waals surface area contributed by atoms with Crippen LogP contribution >= 0.6 is 0 Å². The minimum Gasteiger partial charge on any atom is -0.348 e. The molecule has 0 radical (unpaired) electrons. The van der Waals surface area contributed by atoms with E-state index in [1.54, 1.807) is 12.3 Å². The first-order chi connectivity index (χ1) is 12.2. The third-order valence-electron chi connectivity index (χ3n) is 4.02. The number of benzene rings is 1. The van der Waals surface area contributed by atoms with E-state index >= 15 is 0 Å². The quantitative estimate of drug-likeness (QED) is 0.769. The molecular weight excluding hydrogens is 316 g/mol. The van der Waals surface area contributed by atoms with Crippen LogP contribution in [0.5, 0.6) is 0 Å². The number of fused-ring (bicyclic) bond motifs is 1. The van der Waals surface area contributed by atoms with Crippen molar-refractivity contribution in [2.24, 2.45) is 0 Å². The predicted octanol–water partition coefficient (Wildman–Crippen LogP) is 2.77. The lowest BCUT2D eigenvalue weighted by atomic mass is 10.2. The Balaban J connectivity index is 1.52. The van der Waals surface area contributed by atoms with Gasteiger partial charge in [0.25, 0.3) is 11.8 Å². The molecule has 1 fully saturated rings. The Morgan fingerprint density at radius 2 is 1.84 bits per heavy atom. The van der Waals surface area contributed by atoms with E-state index in [1.807, 2.05) is 30.3 Å². The largest absolute Gasteiger partial charge is 0.348 e. The summed E-state index contributed by atoms with van der Waals surface area (Å²) < 4.78 is 0. The van der Waals surface area contributed by atoms with Gasteiger partial charge in [-0.05, 0) is 37.1 Å². The number of carbonyl (C=O) groups is 2. The van der Waals surface area contributed by atoms with Crippen molar-refractivity contribution < 1.29 is 9.59 Å². The van der Waals surface area contributed by atoms with Gasteiger partial charge in [0.05, 0.1) is 17.4 Å². The number of amides is 2. The van der Waals surface area contributed by atoms with Gasteiger partial charge in [-0.25, -0.2) is 0 Å². The maximum absolute atomic E-state index is 12.5. The van der Waals surface area contributed by atoms with Crippen molar-refractivity contribution in [1.29, 1.82) is 0 Å². The monoisotopic (exact) mass is 332 g/mol. The Labute approximate surface area is 144 Å². The van der Waals surface area contributed by atoms with Crippen LogP contribution < -0.4 is 10.6 Å². The SMILES string of the molecule is O=C(Nc1cnc2ccccc2c1)c1ccnc(C(=O)NC2CC2)c1. The van der Waals surface area contributed by atoms with E-state index < -0.39 is 0 Å². The first-order valence-corrected chi connectivity index (χ1v) is 8.12. The molecule has 3 aromatic rings. The second-order valence-corrected chi connectivity index (χ2v) is 6.05. The highest BCUT2D eigenvalue weighted by Crippen LogP contribution is 2.19. The zero-order valence-corrected chi connectivity index (χ0v) is 13.4. The minimum atomic E-state index is -0.306. The Hall–Kier alpha value is -3.28. The van der Waals surface area contributed by atoms with E-state index in [4.69, 9.17) is 0 Å². The average Bonchev–Trinajstić information content (AvgIpc) is 3.45. The molecule has 1 saturated carbocycles. The molecule has 2 N–H and O–H groups in total. The van der Waals surface area contributed by atoms with Crippen LogP contribution in [0.1, 0.15) is 33.7 Å². The molecule has 0 spiro atoms. The number of anilines is 1. The fraction of sp³-hybridized carbons (Fsp3) is 0.158. The summed E-state index contributed by atoms with van der Waals surface area (Å²) in [5, 5.41) is 6.62. The van der Waals surface area contributed by atoms with Gasteiger partial charge >= 0.3 is 0 Å². The number of nitrogens with zero attached hydrogens (tertiary/aromatic N) is 2. The van der Waals surface area contributed by atoms with Crippen LogP contribution in [-0.2, 0) is 0 Å². The van der Waals surface area contributed by atoms with Crippen molar-refractivity contribution in [1.82, 2.24) is 15.3 Å². The van der Waals surface area contributed by atoms with Crippen molar-refractivity contribution in [2.75, 3.05) is 5.32 Å². The zero-order valence-electron chi connectivity index (χ0n) is 13.4. The van der Waals surface area contributed by atoms with E-state index in [1.165, 1.54) is 12.3 Å². The number of nitrogens with one attached hydrogen (secondary N) is 2. The Morgan fingerprint density at radius 1 is 1.00 bits per heavy atom. The van der Waals surface area contributed by atoms with Crippen molar-refractivity contribution in [3.8, 4) is 0 Å². The molecule has 124 valence electrons. The molecule has 0 saturated heterocycles. The fourth-order valence-electron chi connectivity index (χ4n) is 2.53. The lowest BCUT2D eigenvalue weighted by Crippen LogP contribution is -2.26. The molecule has 25 heavy (non-hydrogen) atoms. The number of para-hydroxylation sites is 1. The molecule has 0 atom stereocenters. The van der Waals surface area contributed by atoms with E-state index in [9.17, 15) is 9.59 Å². The van der Waals surface area contributed by atoms with Gasteiger partial charge in [0.1, 0.15) is 5.69 Å². The molecule has 2 aromatic heterocycles. The summed E-state index contributed by atoms with van der Waals surface area (Å²) in [7, 11) is 0. The van der Waals surface area contributed by atoms with Gasteiger partial charge in [-0.2, -0.15) is 0 Å². The van der Waals surface area contributed by atoms with Gasteiger partial charge in [-0.3, -0.25) is 19.6 Å². The molecular formula is C19H16N4O2. The summed E-state index contributed by atoms with van der Waals surface area (Å²) in [5.74, 6) is -0.551. The molecule has 4 rings (SSSR count). The van der Waals surface area contributed by atoms with Gasteiger partial charge in [0.2, 0.25) is 0 Å². The molecule has 1 aromatic carbocycles. The molecule has 1 aliphatic rings. The first-order valence-electron chi connectivity index (χ1n) is 8.12. The molecule has 2 heterocycles. The number of hydrogen-bond donors (Lipinski definition) is 2.